The average Bonchev–Trinajstić information content (AvgIpc) is 2.41. The Bertz CT molecular complexity index is 540. The number of ether oxygens (including phenoxy) is 1. The molecule has 1 heterocycles. The summed E-state index contributed by atoms with van der Waals surface area (Å²) in [5.74, 6) is -1.08. The molecule has 0 radical (unpaired) electrons. The van der Waals surface area contributed by atoms with Gasteiger partial charge in [-0.15, -0.1) is 0 Å². The van der Waals surface area contributed by atoms with Crippen molar-refractivity contribution in [2.75, 3.05) is 25.1 Å². The zero-order chi connectivity index (χ0) is 14.7. The molecule has 1 aliphatic heterocycles. The van der Waals surface area contributed by atoms with Crippen LogP contribution in [-0.2, 0) is 9.53 Å². The largest absolute Gasteiger partial charge is 0.480 e. The number of carbonyl (C=O) groups excluding carboxylic acids is 1. The van der Waals surface area contributed by atoms with Gasteiger partial charge in [0.1, 0.15) is 0 Å². The molecule has 2 rings (SSSR count). The standard InChI is InChI=1S/C12H12ClIN2O4/c13-7-1-2-9(8(14)5-7)15-12(19)16-3-4-20-6-10(16)11(17)18/h1-2,5,10H,3-4,6H2,(H,15,19)(H,17,18). The average molecular weight is 411 g/mol. The summed E-state index contributed by atoms with van der Waals surface area (Å²) in [5.41, 5.74) is 0.593. The molecule has 1 aromatic carbocycles. The minimum absolute atomic E-state index is 0.000460. The number of urea groups is 1. The first kappa shape index (κ1) is 15.3. The van der Waals surface area contributed by atoms with E-state index in [-0.39, 0.29) is 13.2 Å². The summed E-state index contributed by atoms with van der Waals surface area (Å²) in [5, 5.41) is 12.4. The highest BCUT2D eigenvalue weighted by atomic mass is 127. The van der Waals surface area contributed by atoms with E-state index in [2.05, 4.69) is 27.9 Å². The minimum Gasteiger partial charge on any atom is -0.480 e. The third-order valence-corrected chi connectivity index (χ3v) is 3.97. The number of halogens is 2. The number of morpholine rings is 1. The van der Waals surface area contributed by atoms with Gasteiger partial charge in [0.2, 0.25) is 0 Å². The second kappa shape index (κ2) is 6.59. The fraction of sp³-hybridized carbons (Fsp3) is 0.333. The quantitative estimate of drug-likeness (QED) is 0.733. The van der Waals surface area contributed by atoms with Crippen molar-refractivity contribution in [1.82, 2.24) is 4.90 Å². The van der Waals surface area contributed by atoms with Crippen molar-refractivity contribution in [3.63, 3.8) is 0 Å². The molecule has 0 bridgehead atoms. The van der Waals surface area contributed by atoms with Crippen LogP contribution in [0.15, 0.2) is 18.2 Å². The molecule has 1 aliphatic rings. The molecule has 0 saturated carbocycles. The molecule has 1 unspecified atom stereocenters. The molecule has 0 aromatic heterocycles. The first-order chi connectivity index (χ1) is 9.49. The molecule has 108 valence electrons. The Morgan fingerprint density at radius 3 is 2.90 bits per heavy atom. The van der Waals surface area contributed by atoms with Crippen LogP contribution in [0.2, 0.25) is 5.02 Å². The number of nitrogens with zero attached hydrogens (tertiary/aromatic N) is 1. The summed E-state index contributed by atoms with van der Waals surface area (Å²) in [6.07, 6.45) is 0. The van der Waals surface area contributed by atoms with Gasteiger partial charge in [-0.25, -0.2) is 9.59 Å². The zero-order valence-electron chi connectivity index (χ0n) is 10.3. The Kier molecular flexibility index (Phi) is 5.06. The first-order valence-corrected chi connectivity index (χ1v) is 7.28. The Morgan fingerprint density at radius 2 is 2.25 bits per heavy atom. The van der Waals surface area contributed by atoms with E-state index in [1.807, 2.05) is 0 Å². The molecule has 0 aliphatic carbocycles. The van der Waals surface area contributed by atoms with Crippen LogP contribution in [0.25, 0.3) is 0 Å². The zero-order valence-corrected chi connectivity index (χ0v) is 13.2. The van der Waals surface area contributed by atoms with Gasteiger partial charge in [-0.2, -0.15) is 0 Å². The molecule has 1 aromatic rings. The van der Waals surface area contributed by atoms with Crippen LogP contribution in [-0.4, -0.2) is 47.8 Å². The molecule has 2 amide bonds. The van der Waals surface area contributed by atoms with E-state index in [4.69, 9.17) is 21.4 Å². The predicted octanol–water partition coefficient (Wildman–Crippen LogP) is 2.26. The lowest BCUT2D eigenvalue weighted by molar-refractivity contribution is -0.147. The Labute approximate surface area is 134 Å². The number of benzene rings is 1. The minimum atomic E-state index is -1.08. The molecule has 20 heavy (non-hydrogen) atoms. The van der Waals surface area contributed by atoms with Crippen LogP contribution in [0.3, 0.4) is 0 Å². The second-order valence-corrected chi connectivity index (χ2v) is 5.78. The van der Waals surface area contributed by atoms with E-state index in [1.165, 1.54) is 4.90 Å². The molecule has 1 atom stereocenters. The predicted molar refractivity (Wildman–Crippen MR) is 82.1 cm³/mol. The van der Waals surface area contributed by atoms with Crippen LogP contribution in [0, 0.1) is 3.57 Å². The lowest BCUT2D eigenvalue weighted by atomic mass is 10.2. The van der Waals surface area contributed by atoms with Crippen molar-refractivity contribution in [1.29, 1.82) is 0 Å². The van der Waals surface area contributed by atoms with Crippen molar-refractivity contribution in [3.05, 3.63) is 26.8 Å². The molecular weight excluding hydrogens is 398 g/mol. The molecule has 0 spiro atoms. The highest BCUT2D eigenvalue weighted by molar-refractivity contribution is 14.1. The number of nitrogens with one attached hydrogen (secondary N) is 1. The van der Waals surface area contributed by atoms with Crippen LogP contribution in [0.5, 0.6) is 0 Å². The van der Waals surface area contributed by atoms with Gasteiger partial charge in [0.05, 0.1) is 18.9 Å². The van der Waals surface area contributed by atoms with Crippen LogP contribution in [0.1, 0.15) is 0 Å². The fourth-order valence-corrected chi connectivity index (χ4v) is 2.84. The van der Waals surface area contributed by atoms with Gasteiger partial charge < -0.3 is 20.1 Å². The smallest absolute Gasteiger partial charge is 0.328 e. The van der Waals surface area contributed by atoms with Gasteiger partial charge in [0.15, 0.2) is 6.04 Å². The van der Waals surface area contributed by atoms with E-state index >= 15 is 0 Å². The highest BCUT2D eigenvalue weighted by Gasteiger charge is 2.32. The van der Waals surface area contributed by atoms with Crippen molar-refractivity contribution in [3.8, 4) is 0 Å². The van der Waals surface area contributed by atoms with E-state index in [9.17, 15) is 9.59 Å². The Balaban J connectivity index is 2.12. The SMILES string of the molecule is O=C(O)C1COCCN1C(=O)Nc1ccc(Cl)cc1I. The van der Waals surface area contributed by atoms with Gasteiger partial charge in [-0.05, 0) is 40.8 Å². The normalized spacial score (nSPS) is 18.7. The van der Waals surface area contributed by atoms with Crippen LogP contribution < -0.4 is 5.32 Å². The summed E-state index contributed by atoms with van der Waals surface area (Å²) in [7, 11) is 0. The highest BCUT2D eigenvalue weighted by Crippen LogP contribution is 2.23. The van der Waals surface area contributed by atoms with Crippen molar-refractivity contribution >= 4 is 51.9 Å². The molecule has 6 nitrogen and oxygen atoms in total. The number of hydrogen-bond donors (Lipinski definition) is 2. The maximum atomic E-state index is 12.2. The summed E-state index contributed by atoms with van der Waals surface area (Å²) < 4.78 is 5.87. The van der Waals surface area contributed by atoms with Crippen molar-refractivity contribution in [2.24, 2.45) is 0 Å². The number of rotatable bonds is 2. The number of hydrogen-bond acceptors (Lipinski definition) is 3. The number of carboxylic acids is 1. The molecule has 1 saturated heterocycles. The number of carbonyl (C=O) groups is 2. The number of carboxylic acid groups (broad SMARTS) is 1. The summed E-state index contributed by atoms with van der Waals surface area (Å²) in [6.45, 7) is 0.572. The van der Waals surface area contributed by atoms with Crippen LogP contribution in [0.4, 0.5) is 10.5 Å². The van der Waals surface area contributed by atoms with E-state index in [0.717, 1.165) is 3.57 Å². The van der Waals surface area contributed by atoms with E-state index in [0.29, 0.717) is 17.3 Å². The van der Waals surface area contributed by atoms with Crippen molar-refractivity contribution < 1.29 is 19.4 Å². The lowest BCUT2D eigenvalue weighted by Crippen LogP contribution is -2.54. The Morgan fingerprint density at radius 1 is 1.50 bits per heavy atom. The van der Waals surface area contributed by atoms with E-state index in [1.54, 1.807) is 18.2 Å². The van der Waals surface area contributed by atoms with Gasteiger partial charge in [0.25, 0.3) is 0 Å². The first-order valence-electron chi connectivity index (χ1n) is 5.82. The molecule has 2 N–H and O–H groups in total. The van der Waals surface area contributed by atoms with Crippen molar-refractivity contribution in [2.45, 2.75) is 6.04 Å². The summed E-state index contributed by atoms with van der Waals surface area (Å²) >= 11 is 7.89. The Hall–Kier alpha value is -1.06. The molecular formula is C12H12ClIN2O4. The maximum Gasteiger partial charge on any atom is 0.328 e. The number of aliphatic carboxylic acids is 1. The molecule has 1 fully saturated rings. The third-order valence-electron chi connectivity index (χ3n) is 2.85. The number of amides is 2. The fourth-order valence-electron chi connectivity index (χ4n) is 1.83. The van der Waals surface area contributed by atoms with Crippen LogP contribution >= 0.6 is 34.2 Å². The lowest BCUT2D eigenvalue weighted by Gasteiger charge is -2.32. The van der Waals surface area contributed by atoms with Gasteiger partial charge >= 0.3 is 12.0 Å². The summed E-state index contributed by atoms with van der Waals surface area (Å²) in [6, 6.07) is 3.63. The maximum absolute atomic E-state index is 12.2. The molecule has 8 heteroatoms. The van der Waals surface area contributed by atoms with Gasteiger partial charge in [-0.3, -0.25) is 0 Å². The second-order valence-electron chi connectivity index (χ2n) is 4.18. The van der Waals surface area contributed by atoms with Gasteiger partial charge in [-0.1, -0.05) is 11.6 Å². The number of anilines is 1. The topological polar surface area (TPSA) is 78.9 Å². The monoisotopic (exact) mass is 410 g/mol. The van der Waals surface area contributed by atoms with E-state index < -0.39 is 18.0 Å². The van der Waals surface area contributed by atoms with Gasteiger partial charge in [0, 0.05) is 15.1 Å². The summed E-state index contributed by atoms with van der Waals surface area (Å²) in [4.78, 5) is 24.6. The third kappa shape index (κ3) is 3.53.